The number of benzene rings is 2. The molecule has 0 radical (unpaired) electrons. The molecule has 1 atom stereocenters. The first-order valence-corrected chi connectivity index (χ1v) is 10.5. The largest absolute Gasteiger partial charge is 0.416 e. The molecule has 2 aromatic carbocycles. The normalized spacial score (nSPS) is 12.6. The molecule has 0 aliphatic rings. The van der Waals surface area contributed by atoms with Crippen molar-refractivity contribution in [2.75, 3.05) is 5.32 Å². The third kappa shape index (κ3) is 4.91. The maximum absolute atomic E-state index is 13.2. The summed E-state index contributed by atoms with van der Waals surface area (Å²) in [6, 6.07) is 14.6. The zero-order valence-corrected chi connectivity index (χ0v) is 17.7. The highest BCUT2D eigenvalue weighted by Crippen LogP contribution is 2.34. The van der Waals surface area contributed by atoms with Crippen molar-refractivity contribution in [1.82, 2.24) is 19.5 Å². The molecule has 1 N–H and O–H groups in total. The van der Waals surface area contributed by atoms with Gasteiger partial charge in [0.1, 0.15) is 0 Å². The van der Waals surface area contributed by atoms with Gasteiger partial charge in [0.15, 0.2) is 5.16 Å². The van der Waals surface area contributed by atoms with Crippen molar-refractivity contribution in [2.24, 2.45) is 0 Å². The Morgan fingerprint density at radius 1 is 1.09 bits per heavy atom. The predicted molar refractivity (Wildman–Crippen MR) is 116 cm³/mol. The van der Waals surface area contributed by atoms with Crippen LogP contribution in [0.1, 0.15) is 18.1 Å². The van der Waals surface area contributed by atoms with E-state index in [0.717, 1.165) is 29.5 Å². The maximum atomic E-state index is 13.2. The molecule has 4 aromatic rings. The Morgan fingerprint density at radius 3 is 2.50 bits per heavy atom. The lowest BCUT2D eigenvalue weighted by Gasteiger charge is -2.13. The summed E-state index contributed by atoms with van der Waals surface area (Å²) in [5, 5.41) is 2.48. The summed E-state index contributed by atoms with van der Waals surface area (Å²) in [7, 11) is 0. The van der Waals surface area contributed by atoms with Gasteiger partial charge in [0.25, 0.3) is 0 Å². The van der Waals surface area contributed by atoms with E-state index in [1.807, 2.05) is 34.9 Å². The van der Waals surface area contributed by atoms with E-state index in [1.165, 1.54) is 18.5 Å². The number of nitrogens with zero attached hydrogens (tertiary/aromatic N) is 4. The Kier molecular flexibility index (Phi) is 6.13. The van der Waals surface area contributed by atoms with E-state index in [9.17, 15) is 18.0 Å². The van der Waals surface area contributed by atoms with Crippen molar-refractivity contribution in [3.8, 4) is 0 Å². The second-order valence-corrected chi connectivity index (χ2v) is 8.30. The van der Waals surface area contributed by atoms with Crippen LogP contribution in [0.15, 0.2) is 72.1 Å². The first-order valence-electron chi connectivity index (χ1n) is 9.67. The van der Waals surface area contributed by atoms with Crippen LogP contribution in [0.3, 0.4) is 0 Å². The summed E-state index contributed by atoms with van der Waals surface area (Å²) in [6.07, 6.45) is -1.44. The van der Waals surface area contributed by atoms with E-state index in [-0.39, 0.29) is 17.4 Å². The number of aromatic nitrogens is 4. The number of imidazole rings is 1. The number of thioether (sulfide) groups is 1. The Labute approximate surface area is 185 Å². The van der Waals surface area contributed by atoms with Crippen molar-refractivity contribution in [3.05, 3.63) is 78.1 Å². The first-order chi connectivity index (χ1) is 15.3. The van der Waals surface area contributed by atoms with E-state index in [2.05, 4.69) is 20.3 Å². The number of alkyl halides is 3. The Hall–Kier alpha value is -3.40. The number of carbonyl (C=O) groups excluding carboxylic acids is 1. The summed E-state index contributed by atoms with van der Waals surface area (Å²) in [5.74, 6) is -0.159. The quantitative estimate of drug-likeness (QED) is 0.412. The van der Waals surface area contributed by atoms with E-state index in [4.69, 9.17) is 0 Å². The monoisotopic (exact) mass is 457 g/mol. The molecule has 6 nitrogen and oxygen atoms in total. The van der Waals surface area contributed by atoms with Crippen molar-refractivity contribution >= 4 is 34.7 Å². The molecule has 4 rings (SSSR count). The van der Waals surface area contributed by atoms with Gasteiger partial charge in [-0.25, -0.2) is 15.0 Å². The molecule has 1 unspecified atom stereocenters. The van der Waals surface area contributed by atoms with Gasteiger partial charge in [0.05, 0.1) is 28.4 Å². The number of hydrogen-bond acceptors (Lipinski definition) is 5. The SMILES string of the molecule is CC(Sc1nc2cc(C(F)(F)F)ccc2n1Cc1ccccc1)C(=O)Nc1ncccn1. The summed E-state index contributed by atoms with van der Waals surface area (Å²) < 4.78 is 41.4. The molecular weight excluding hydrogens is 439 g/mol. The van der Waals surface area contributed by atoms with Gasteiger partial charge in [-0.1, -0.05) is 42.1 Å². The van der Waals surface area contributed by atoms with Crippen molar-refractivity contribution in [3.63, 3.8) is 0 Å². The second-order valence-electron chi connectivity index (χ2n) is 6.99. The van der Waals surface area contributed by atoms with E-state index in [0.29, 0.717) is 17.2 Å². The standard InChI is InChI=1S/C22H18F3N5OS/c1-14(19(31)29-20-26-10-5-11-27-20)32-21-28-17-12-16(22(23,24)25)8-9-18(17)30(21)13-15-6-3-2-4-7-15/h2-12,14H,13H2,1H3,(H,26,27,29,31). The lowest BCUT2D eigenvalue weighted by atomic mass is 10.2. The van der Waals surface area contributed by atoms with Crippen LogP contribution in [0, 0.1) is 0 Å². The molecule has 2 heterocycles. The molecule has 0 fully saturated rings. The smallest absolute Gasteiger partial charge is 0.314 e. The van der Waals surface area contributed by atoms with Crippen LogP contribution in [0.2, 0.25) is 0 Å². The van der Waals surface area contributed by atoms with E-state index in [1.54, 1.807) is 13.0 Å². The van der Waals surface area contributed by atoms with E-state index >= 15 is 0 Å². The highest BCUT2D eigenvalue weighted by molar-refractivity contribution is 8.00. The fourth-order valence-electron chi connectivity index (χ4n) is 3.08. The van der Waals surface area contributed by atoms with E-state index < -0.39 is 17.0 Å². The molecule has 2 aromatic heterocycles. The maximum Gasteiger partial charge on any atom is 0.416 e. The van der Waals surface area contributed by atoms with Gasteiger partial charge < -0.3 is 4.57 Å². The molecule has 0 spiro atoms. The van der Waals surface area contributed by atoms with Crippen LogP contribution in [-0.4, -0.2) is 30.7 Å². The fourth-order valence-corrected chi connectivity index (χ4v) is 4.00. The van der Waals surface area contributed by atoms with Gasteiger partial charge in [-0.05, 0) is 36.8 Å². The fraction of sp³-hybridized carbons (Fsp3) is 0.182. The van der Waals surface area contributed by atoms with Crippen LogP contribution in [0.5, 0.6) is 0 Å². The number of rotatable bonds is 6. The summed E-state index contributed by atoms with van der Waals surface area (Å²) in [5.41, 5.74) is 0.974. The Bertz CT molecular complexity index is 1230. The lowest BCUT2D eigenvalue weighted by Crippen LogP contribution is -2.24. The van der Waals surface area contributed by atoms with Gasteiger partial charge in [0.2, 0.25) is 11.9 Å². The van der Waals surface area contributed by atoms with Crippen molar-refractivity contribution in [2.45, 2.75) is 30.1 Å². The lowest BCUT2D eigenvalue weighted by molar-refractivity contribution is -0.137. The van der Waals surface area contributed by atoms with Gasteiger partial charge in [-0.2, -0.15) is 13.2 Å². The highest BCUT2D eigenvalue weighted by Gasteiger charge is 2.31. The van der Waals surface area contributed by atoms with Crippen LogP contribution in [-0.2, 0) is 17.5 Å². The number of halogens is 3. The molecule has 0 bridgehead atoms. The summed E-state index contributed by atoms with van der Waals surface area (Å²) >= 11 is 1.16. The highest BCUT2D eigenvalue weighted by atomic mass is 32.2. The molecule has 0 saturated carbocycles. The predicted octanol–water partition coefficient (Wildman–Crippen LogP) is 5.01. The summed E-state index contributed by atoms with van der Waals surface area (Å²) in [4.78, 5) is 25.0. The molecule has 32 heavy (non-hydrogen) atoms. The number of amides is 1. The van der Waals surface area contributed by atoms with Gasteiger partial charge in [0, 0.05) is 12.4 Å². The molecule has 164 valence electrons. The molecular formula is C22H18F3N5OS. The third-order valence-electron chi connectivity index (χ3n) is 4.68. The van der Waals surface area contributed by atoms with Crippen LogP contribution in [0.4, 0.5) is 19.1 Å². The van der Waals surface area contributed by atoms with Crippen LogP contribution >= 0.6 is 11.8 Å². The number of carbonyl (C=O) groups is 1. The summed E-state index contributed by atoms with van der Waals surface area (Å²) in [6.45, 7) is 2.09. The minimum Gasteiger partial charge on any atom is -0.314 e. The molecule has 10 heteroatoms. The first kappa shape index (κ1) is 21.8. The van der Waals surface area contributed by atoms with Gasteiger partial charge in [-0.3, -0.25) is 10.1 Å². The zero-order chi connectivity index (χ0) is 22.7. The van der Waals surface area contributed by atoms with Gasteiger partial charge in [-0.15, -0.1) is 0 Å². The minimum absolute atomic E-state index is 0.178. The zero-order valence-electron chi connectivity index (χ0n) is 16.9. The average Bonchev–Trinajstić information content (AvgIpc) is 3.10. The van der Waals surface area contributed by atoms with Crippen molar-refractivity contribution < 1.29 is 18.0 Å². The second kappa shape index (κ2) is 8.99. The molecule has 1 amide bonds. The molecule has 0 aliphatic heterocycles. The van der Waals surface area contributed by atoms with Gasteiger partial charge >= 0.3 is 6.18 Å². The number of nitrogens with one attached hydrogen (secondary N) is 1. The van der Waals surface area contributed by atoms with Crippen molar-refractivity contribution in [1.29, 1.82) is 0 Å². The third-order valence-corrected chi connectivity index (χ3v) is 5.77. The molecule has 0 saturated heterocycles. The number of hydrogen-bond donors (Lipinski definition) is 1. The Balaban J connectivity index is 1.66. The topological polar surface area (TPSA) is 72.7 Å². The number of anilines is 1. The van der Waals surface area contributed by atoms with Crippen LogP contribution < -0.4 is 5.32 Å². The van der Waals surface area contributed by atoms with Crippen LogP contribution in [0.25, 0.3) is 11.0 Å². The average molecular weight is 457 g/mol. The Morgan fingerprint density at radius 2 is 1.81 bits per heavy atom. The minimum atomic E-state index is -4.46. The molecule has 0 aliphatic carbocycles. The number of fused-ring (bicyclic) bond motifs is 1.